The summed E-state index contributed by atoms with van der Waals surface area (Å²) in [6, 6.07) is 9.44. The molecule has 0 aliphatic carbocycles. The average Bonchev–Trinajstić information content (AvgIpc) is 2.45. The summed E-state index contributed by atoms with van der Waals surface area (Å²) in [4.78, 5) is 17.4. The van der Waals surface area contributed by atoms with Crippen LogP contribution in [0.4, 0.5) is 5.82 Å². The van der Waals surface area contributed by atoms with Gasteiger partial charge in [-0.1, -0.05) is 24.3 Å². The lowest BCUT2D eigenvalue weighted by Crippen LogP contribution is -2.24. The number of benzene rings is 1. The molecule has 0 saturated heterocycles. The van der Waals surface area contributed by atoms with Crippen molar-refractivity contribution in [3.8, 4) is 6.07 Å². The van der Waals surface area contributed by atoms with Gasteiger partial charge >= 0.3 is 5.97 Å². The highest BCUT2D eigenvalue weighted by Gasteiger charge is 2.15. The second-order valence-electron chi connectivity index (χ2n) is 4.76. The number of pyridine rings is 1. The van der Waals surface area contributed by atoms with Gasteiger partial charge in [-0.15, -0.1) is 0 Å². The third-order valence-corrected chi connectivity index (χ3v) is 3.13. The minimum Gasteiger partial charge on any atom is -0.478 e. The molecule has 0 spiro atoms. The number of aromatic nitrogens is 1. The third-order valence-electron chi connectivity index (χ3n) is 3.13. The molecular weight excluding hydrogens is 254 g/mol. The van der Waals surface area contributed by atoms with Crippen LogP contribution < -0.4 is 4.90 Å². The van der Waals surface area contributed by atoms with Crippen molar-refractivity contribution < 1.29 is 9.90 Å². The molecule has 1 atom stereocenters. The predicted molar refractivity (Wildman–Crippen MR) is 76.7 cm³/mol. The number of carboxylic acid groups (broad SMARTS) is 1. The lowest BCUT2D eigenvalue weighted by atomic mass is 10.1. The second-order valence-corrected chi connectivity index (χ2v) is 4.76. The van der Waals surface area contributed by atoms with Crippen molar-refractivity contribution in [1.29, 1.82) is 5.26 Å². The van der Waals surface area contributed by atoms with Gasteiger partial charge < -0.3 is 10.0 Å². The predicted octanol–water partition coefficient (Wildman–Crippen LogP) is 2.53. The number of carboxylic acids is 1. The van der Waals surface area contributed by atoms with Crippen molar-refractivity contribution >= 4 is 22.6 Å². The molecule has 102 valence electrons. The van der Waals surface area contributed by atoms with Crippen molar-refractivity contribution in [1.82, 2.24) is 4.98 Å². The third kappa shape index (κ3) is 2.54. The van der Waals surface area contributed by atoms with Gasteiger partial charge in [-0.25, -0.2) is 9.78 Å². The van der Waals surface area contributed by atoms with Gasteiger partial charge in [-0.2, -0.15) is 5.26 Å². The van der Waals surface area contributed by atoms with Crippen LogP contribution in [0.5, 0.6) is 0 Å². The molecular formula is C15H15N3O2. The van der Waals surface area contributed by atoms with E-state index >= 15 is 0 Å². The highest BCUT2D eigenvalue weighted by molar-refractivity contribution is 6.06. The Hall–Kier alpha value is -2.61. The molecule has 0 fully saturated rings. The van der Waals surface area contributed by atoms with E-state index in [2.05, 4.69) is 11.1 Å². The van der Waals surface area contributed by atoms with Crippen LogP contribution in [0, 0.1) is 17.2 Å². The molecule has 1 N–H and O–H groups in total. The number of carbonyl (C=O) groups is 1. The van der Waals surface area contributed by atoms with Crippen LogP contribution in [0.3, 0.4) is 0 Å². The summed E-state index contributed by atoms with van der Waals surface area (Å²) in [5.41, 5.74) is 0.186. The van der Waals surface area contributed by atoms with Gasteiger partial charge in [0.2, 0.25) is 0 Å². The Bertz CT molecular complexity index is 691. The summed E-state index contributed by atoms with van der Waals surface area (Å²) in [6.45, 7) is 2.38. The molecule has 0 saturated carbocycles. The molecule has 0 aliphatic heterocycles. The van der Waals surface area contributed by atoms with E-state index in [4.69, 9.17) is 5.26 Å². The zero-order valence-corrected chi connectivity index (χ0v) is 11.4. The van der Waals surface area contributed by atoms with Crippen molar-refractivity contribution in [2.45, 2.75) is 6.92 Å². The largest absolute Gasteiger partial charge is 0.478 e. The zero-order chi connectivity index (χ0) is 14.7. The molecule has 1 heterocycles. The summed E-state index contributed by atoms with van der Waals surface area (Å²) in [5.74, 6) is -0.430. The Morgan fingerprint density at radius 1 is 1.45 bits per heavy atom. The van der Waals surface area contributed by atoms with Crippen molar-refractivity contribution in [2.24, 2.45) is 5.92 Å². The summed E-state index contributed by atoms with van der Waals surface area (Å²) < 4.78 is 0. The molecule has 1 aromatic heterocycles. The van der Waals surface area contributed by atoms with Gasteiger partial charge in [0.25, 0.3) is 0 Å². The Labute approximate surface area is 117 Å². The molecule has 0 bridgehead atoms. The number of aromatic carboxylic acids is 1. The summed E-state index contributed by atoms with van der Waals surface area (Å²) in [5, 5.41) is 19.5. The standard InChI is InChI=1S/C15H15N3O2/c1-10(7-16)9-18(2)14-12-6-4-3-5-11(12)13(8-17-14)15(19)20/h3-6,8,10H,9H2,1-2H3,(H,19,20). The fourth-order valence-electron chi connectivity index (χ4n) is 2.19. The van der Waals surface area contributed by atoms with E-state index < -0.39 is 5.97 Å². The molecule has 5 heteroatoms. The first-order chi connectivity index (χ1) is 9.54. The summed E-state index contributed by atoms with van der Waals surface area (Å²) in [7, 11) is 1.85. The number of anilines is 1. The highest BCUT2D eigenvalue weighted by atomic mass is 16.4. The van der Waals surface area contributed by atoms with Crippen LogP contribution >= 0.6 is 0 Å². The van der Waals surface area contributed by atoms with Crippen LogP contribution in [0.25, 0.3) is 10.8 Å². The van der Waals surface area contributed by atoms with Crippen LogP contribution in [0.15, 0.2) is 30.5 Å². The van der Waals surface area contributed by atoms with Gasteiger partial charge in [-0.05, 0) is 6.92 Å². The number of nitriles is 1. The fourth-order valence-corrected chi connectivity index (χ4v) is 2.19. The first-order valence-corrected chi connectivity index (χ1v) is 6.26. The topological polar surface area (TPSA) is 77.2 Å². The average molecular weight is 269 g/mol. The maximum Gasteiger partial charge on any atom is 0.337 e. The van der Waals surface area contributed by atoms with Gasteiger partial charge in [-0.3, -0.25) is 0 Å². The molecule has 2 rings (SSSR count). The first kappa shape index (κ1) is 13.8. The summed E-state index contributed by atoms with van der Waals surface area (Å²) >= 11 is 0. The highest BCUT2D eigenvalue weighted by Crippen LogP contribution is 2.26. The normalized spacial score (nSPS) is 11.8. The molecule has 20 heavy (non-hydrogen) atoms. The smallest absolute Gasteiger partial charge is 0.337 e. The number of hydrogen-bond acceptors (Lipinski definition) is 4. The van der Waals surface area contributed by atoms with Gasteiger partial charge in [0.15, 0.2) is 0 Å². The minimum absolute atomic E-state index is 0.125. The molecule has 1 unspecified atom stereocenters. The lowest BCUT2D eigenvalue weighted by molar-refractivity contribution is 0.0698. The van der Waals surface area contributed by atoms with Gasteiger partial charge in [0.1, 0.15) is 5.82 Å². The minimum atomic E-state index is -0.992. The van der Waals surface area contributed by atoms with Gasteiger partial charge in [0.05, 0.1) is 17.6 Å². The van der Waals surface area contributed by atoms with Gasteiger partial charge in [0, 0.05) is 30.6 Å². The Morgan fingerprint density at radius 3 is 2.70 bits per heavy atom. The maximum absolute atomic E-state index is 11.2. The molecule has 1 aromatic carbocycles. The Morgan fingerprint density at radius 2 is 2.10 bits per heavy atom. The molecule has 0 aliphatic rings. The van der Waals surface area contributed by atoms with Crippen LogP contribution in [-0.2, 0) is 0 Å². The van der Waals surface area contributed by atoms with E-state index in [9.17, 15) is 9.90 Å². The second kappa shape index (κ2) is 5.57. The number of hydrogen-bond donors (Lipinski definition) is 1. The SMILES string of the molecule is CC(C#N)CN(C)c1ncc(C(=O)O)c2ccccc12. The number of nitrogens with zero attached hydrogens (tertiary/aromatic N) is 3. The van der Waals surface area contributed by atoms with E-state index in [0.29, 0.717) is 17.7 Å². The molecule has 0 amide bonds. The van der Waals surface area contributed by atoms with E-state index in [-0.39, 0.29) is 11.5 Å². The van der Waals surface area contributed by atoms with Crippen LogP contribution in [0.2, 0.25) is 0 Å². The lowest BCUT2D eigenvalue weighted by Gasteiger charge is -2.21. The van der Waals surface area contributed by atoms with Crippen LogP contribution in [-0.4, -0.2) is 29.7 Å². The van der Waals surface area contributed by atoms with Crippen molar-refractivity contribution in [3.05, 3.63) is 36.0 Å². The molecule has 0 radical (unpaired) electrons. The maximum atomic E-state index is 11.2. The first-order valence-electron chi connectivity index (χ1n) is 6.26. The Kier molecular flexibility index (Phi) is 3.85. The van der Waals surface area contributed by atoms with E-state index in [1.54, 1.807) is 12.1 Å². The quantitative estimate of drug-likeness (QED) is 0.922. The number of fused-ring (bicyclic) bond motifs is 1. The summed E-state index contributed by atoms with van der Waals surface area (Å²) in [6.07, 6.45) is 1.37. The monoisotopic (exact) mass is 269 g/mol. The van der Waals surface area contributed by atoms with E-state index in [1.165, 1.54) is 6.20 Å². The molecule has 5 nitrogen and oxygen atoms in total. The Balaban J connectivity index is 2.54. The number of rotatable bonds is 4. The van der Waals surface area contributed by atoms with E-state index in [0.717, 1.165) is 5.39 Å². The van der Waals surface area contributed by atoms with Crippen molar-refractivity contribution in [2.75, 3.05) is 18.5 Å². The van der Waals surface area contributed by atoms with Crippen LogP contribution in [0.1, 0.15) is 17.3 Å². The zero-order valence-electron chi connectivity index (χ0n) is 11.4. The molecule has 2 aromatic rings. The van der Waals surface area contributed by atoms with E-state index in [1.807, 2.05) is 31.0 Å². The fraction of sp³-hybridized carbons (Fsp3) is 0.267. The van der Waals surface area contributed by atoms with Crippen molar-refractivity contribution in [3.63, 3.8) is 0 Å².